The fourth-order valence-corrected chi connectivity index (χ4v) is 3.62. The second kappa shape index (κ2) is 8.07. The van der Waals surface area contributed by atoms with Crippen LogP contribution in [0.3, 0.4) is 0 Å². The molecule has 136 valence electrons. The molecule has 8 heteroatoms. The van der Waals surface area contributed by atoms with Gasteiger partial charge in [0.1, 0.15) is 0 Å². The lowest BCUT2D eigenvalue weighted by Crippen LogP contribution is -2.46. The molecular weight excluding hydrogens is 340 g/mol. The molecule has 7 nitrogen and oxygen atoms in total. The lowest BCUT2D eigenvalue weighted by molar-refractivity contribution is 0.125. The minimum absolute atomic E-state index is 0.160. The average molecular weight is 364 g/mol. The Kier molecular flexibility index (Phi) is 5.82. The Hall–Kier alpha value is -1.77. The van der Waals surface area contributed by atoms with Crippen LogP contribution in [0.25, 0.3) is 0 Å². The first kappa shape index (κ1) is 18.0. The zero-order valence-electron chi connectivity index (χ0n) is 14.4. The van der Waals surface area contributed by atoms with Gasteiger partial charge in [-0.05, 0) is 24.9 Å². The molecule has 3 rings (SSSR count). The highest BCUT2D eigenvalue weighted by molar-refractivity contribution is 7.88. The second-order valence-electron chi connectivity index (χ2n) is 6.51. The van der Waals surface area contributed by atoms with E-state index in [1.165, 1.54) is 6.26 Å². The van der Waals surface area contributed by atoms with Crippen LogP contribution in [-0.2, 0) is 23.0 Å². The first-order chi connectivity index (χ1) is 12.0. The van der Waals surface area contributed by atoms with Gasteiger partial charge in [-0.3, -0.25) is 4.90 Å². The summed E-state index contributed by atoms with van der Waals surface area (Å²) in [6, 6.07) is 10.2. The van der Waals surface area contributed by atoms with Crippen LogP contribution in [0, 0.1) is 0 Å². The fourth-order valence-electron chi connectivity index (χ4n) is 3.13. The standard InChI is InChI=1S/C17H24N4O3S/c1-25(22,23)18-12-15-9-5-6-10-21(15)13-17-19-16(20-24-17)11-14-7-3-2-4-8-14/h2-4,7-8,15,18H,5-6,9-13H2,1H3/t15-/m1/s1. The number of nitrogens with one attached hydrogen (secondary N) is 1. The largest absolute Gasteiger partial charge is 0.338 e. The molecule has 1 aliphatic heterocycles. The number of hydrogen-bond donors (Lipinski definition) is 1. The van der Waals surface area contributed by atoms with Crippen molar-refractivity contribution < 1.29 is 12.9 Å². The number of sulfonamides is 1. The topological polar surface area (TPSA) is 88.3 Å². The number of nitrogens with zero attached hydrogens (tertiary/aromatic N) is 3. The Morgan fingerprint density at radius 3 is 2.84 bits per heavy atom. The summed E-state index contributed by atoms with van der Waals surface area (Å²) in [5, 5.41) is 4.06. The number of piperidine rings is 1. The van der Waals surface area contributed by atoms with Crippen molar-refractivity contribution in [1.29, 1.82) is 0 Å². The molecule has 1 aliphatic rings. The Balaban J connectivity index is 1.60. The summed E-state index contributed by atoms with van der Waals surface area (Å²) >= 11 is 0. The number of hydrogen-bond acceptors (Lipinski definition) is 6. The Bertz CT molecular complexity index is 776. The molecule has 1 aromatic heterocycles. The van der Waals surface area contributed by atoms with Gasteiger partial charge in [-0.25, -0.2) is 13.1 Å². The molecule has 0 unspecified atom stereocenters. The molecular formula is C17H24N4O3S. The minimum atomic E-state index is -3.18. The fraction of sp³-hybridized carbons (Fsp3) is 0.529. The lowest BCUT2D eigenvalue weighted by Gasteiger charge is -2.34. The van der Waals surface area contributed by atoms with Crippen LogP contribution in [0.2, 0.25) is 0 Å². The summed E-state index contributed by atoms with van der Waals surface area (Å²) < 4.78 is 30.7. The maximum Gasteiger partial charge on any atom is 0.240 e. The van der Waals surface area contributed by atoms with Gasteiger partial charge < -0.3 is 4.52 Å². The van der Waals surface area contributed by atoms with Crippen molar-refractivity contribution in [3.63, 3.8) is 0 Å². The van der Waals surface area contributed by atoms with Gasteiger partial charge in [-0.1, -0.05) is 41.9 Å². The lowest BCUT2D eigenvalue weighted by atomic mass is 10.0. The van der Waals surface area contributed by atoms with E-state index in [1.807, 2.05) is 30.3 Å². The molecule has 1 N–H and O–H groups in total. The zero-order chi connectivity index (χ0) is 17.7. The van der Waals surface area contributed by atoms with E-state index in [0.29, 0.717) is 31.2 Å². The molecule has 2 heterocycles. The van der Waals surface area contributed by atoms with E-state index in [2.05, 4.69) is 19.8 Å². The van der Waals surface area contributed by atoms with Gasteiger partial charge in [0.15, 0.2) is 5.82 Å². The highest BCUT2D eigenvalue weighted by atomic mass is 32.2. The number of rotatable bonds is 7. The first-order valence-electron chi connectivity index (χ1n) is 8.54. The van der Waals surface area contributed by atoms with E-state index in [1.54, 1.807) is 0 Å². The summed E-state index contributed by atoms with van der Waals surface area (Å²) in [5.41, 5.74) is 1.14. The van der Waals surface area contributed by atoms with E-state index in [0.717, 1.165) is 31.4 Å². The molecule has 2 aromatic rings. The van der Waals surface area contributed by atoms with E-state index < -0.39 is 10.0 Å². The SMILES string of the molecule is CS(=O)(=O)NC[C@H]1CCCCN1Cc1nc(Cc2ccccc2)no1. The molecule has 0 spiro atoms. The molecule has 0 bridgehead atoms. The van der Waals surface area contributed by atoms with Gasteiger partial charge in [-0.15, -0.1) is 0 Å². The highest BCUT2D eigenvalue weighted by Gasteiger charge is 2.25. The van der Waals surface area contributed by atoms with E-state index >= 15 is 0 Å². The van der Waals surface area contributed by atoms with Crippen LogP contribution in [0.1, 0.15) is 36.5 Å². The summed E-state index contributed by atoms with van der Waals surface area (Å²) in [6.45, 7) is 1.88. The van der Waals surface area contributed by atoms with Crippen LogP contribution in [0.4, 0.5) is 0 Å². The normalized spacial score (nSPS) is 19.2. The van der Waals surface area contributed by atoms with Crippen molar-refractivity contribution >= 4 is 10.0 Å². The third-order valence-electron chi connectivity index (χ3n) is 4.38. The summed E-state index contributed by atoms with van der Waals surface area (Å²) in [5.74, 6) is 1.25. The van der Waals surface area contributed by atoms with Gasteiger partial charge in [0, 0.05) is 19.0 Å². The second-order valence-corrected chi connectivity index (χ2v) is 8.34. The van der Waals surface area contributed by atoms with Crippen molar-refractivity contribution in [2.45, 2.75) is 38.3 Å². The molecule has 1 saturated heterocycles. The van der Waals surface area contributed by atoms with Gasteiger partial charge in [-0.2, -0.15) is 4.98 Å². The van der Waals surface area contributed by atoms with Crippen molar-refractivity contribution in [1.82, 2.24) is 19.8 Å². The average Bonchev–Trinajstić information content (AvgIpc) is 3.01. The quantitative estimate of drug-likeness (QED) is 0.802. The molecule has 0 saturated carbocycles. The van der Waals surface area contributed by atoms with Gasteiger partial charge >= 0.3 is 0 Å². The maximum atomic E-state index is 11.3. The molecule has 1 aromatic carbocycles. The van der Waals surface area contributed by atoms with Crippen molar-refractivity contribution in [2.75, 3.05) is 19.3 Å². The highest BCUT2D eigenvalue weighted by Crippen LogP contribution is 2.19. The predicted octanol–water partition coefficient (Wildman–Crippen LogP) is 1.56. The Morgan fingerprint density at radius 1 is 1.28 bits per heavy atom. The molecule has 0 aliphatic carbocycles. The first-order valence-corrected chi connectivity index (χ1v) is 10.4. The Morgan fingerprint density at radius 2 is 2.08 bits per heavy atom. The molecule has 0 amide bonds. The van der Waals surface area contributed by atoms with Crippen LogP contribution < -0.4 is 4.72 Å². The minimum Gasteiger partial charge on any atom is -0.338 e. The number of benzene rings is 1. The maximum absolute atomic E-state index is 11.3. The van der Waals surface area contributed by atoms with Crippen LogP contribution in [0.15, 0.2) is 34.9 Å². The smallest absolute Gasteiger partial charge is 0.240 e. The Labute approximate surface area is 148 Å². The monoisotopic (exact) mass is 364 g/mol. The van der Waals surface area contributed by atoms with Crippen LogP contribution >= 0.6 is 0 Å². The van der Waals surface area contributed by atoms with Crippen molar-refractivity contribution in [3.8, 4) is 0 Å². The van der Waals surface area contributed by atoms with Gasteiger partial charge in [0.2, 0.25) is 15.9 Å². The van der Waals surface area contributed by atoms with Crippen molar-refractivity contribution in [2.24, 2.45) is 0 Å². The third kappa shape index (κ3) is 5.62. The van der Waals surface area contributed by atoms with Crippen LogP contribution in [0.5, 0.6) is 0 Å². The van der Waals surface area contributed by atoms with Crippen molar-refractivity contribution in [3.05, 3.63) is 47.6 Å². The number of aromatic nitrogens is 2. The molecule has 0 radical (unpaired) electrons. The summed E-state index contributed by atoms with van der Waals surface area (Å²) in [4.78, 5) is 6.71. The molecule has 1 atom stereocenters. The van der Waals surface area contributed by atoms with E-state index in [9.17, 15) is 8.42 Å². The zero-order valence-corrected chi connectivity index (χ0v) is 15.2. The predicted molar refractivity (Wildman–Crippen MR) is 94.4 cm³/mol. The van der Waals surface area contributed by atoms with E-state index in [4.69, 9.17) is 4.52 Å². The van der Waals surface area contributed by atoms with Gasteiger partial charge in [0.25, 0.3) is 0 Å². The molecule has 1 fully saturated rings. The summed E-state index contributed by atoms with van der Waals surface area (Å²) in [6.07, 6.45) is 5.00. The number of likely N-dealkylation sites (tertiary alicyclic amines) is 1. The molecule has 25 heavy (non-hydrogen) atoms. The van der Waals surface area contributed by atoms with Gasteiger partial charge in [0.05, 0.1) is 12.8 Å². The third-order valence-corrected chi connectivity index (χ3v) is 5.07. The summed E-state index contributed by atoms with van der Waals surface area (Å²) in [7, 11) is -3.18. The van der Waals surface area contributed by atoms with Crippen LogP contribution in [-0.4, -0.2) is 48.8 Å². The van der Waals surface area contributed by atoms with E-state index in [-0.39, 0.29) is 6.04 Å².